The lowest BCUT2D eigenvalue weighted by molar-refractivity contribution is -0.117. The Kier molecular flexibility index (Phi) is 5.64. The van der Waals surface area contributed by atoms with E-state index in [1.54, 1.807) is 11.3 Å². The number of rotatable bonds is 2. The van der Waals surface area contributed by atoms with E-state index < -0.39 is 0 Å². The molecular formula is C7H10N2O2S. The third kappa shape index (κ3) is 5.43. The van der Waals surface area contributed by atoms with Gasteiger partial charge in [-0.15, -0.1) is 0 Å². The normalized spacial score (nSPS) is 8.00. The first-order valence-electron chi connectivity index (χ1n) is 3.15. The van der Waals surface area contributed by atoms with E-state index in [1.807, 2.05) is 16.8 Å². The highest BCUT2D eigenvalue weighted by atomic mass is 32.1. The van der Waals surface area contributed by atoms with Gasteiger partial charge in [0.05, 0.1) is 6.42 Å². The van der Waals surface area contributed by atoms with Gasteiger partial charge in [0.15, 0.2) is 0 Å². The second-order valence-corrected chi connectivity index (χ2v) is 2.69. The third-order valence-electron chi connectivity index (χ3n) is 0.958. The summed E-state index contributed by atoms with van der Waals surface area (Å²) in [6.07, 6.45) is 0.615. The summed E-state index contributed by atoms with van der Waals surface area (Å²) >= 11 is 1.57. The number of nitrogens with two attached hydrogens (primary N) is 2. The molecule has 0 aliphatic carbocycles. The van der Waals surface area contributed by atoms with Crippen molar-refractivity contribution >= 4 is 23.7 Å². The van der Waals surface area contributed by atoms with Gasteiger partial charge in [-0.05, 0) is 22.4 Å². The molecule has 0 saturated carbocycles. The number of amides is 2. The summed E-state index contributed by atoms with van der Waals surface area (Å²) < 4.78 is 0. The van der Waals surface area contributed by atoms with Crippen LogP contribution < -0.4 is 11.5 Å². The Hall–Kier alpha value is -1.36. The van der Waals surface area contributed by atoms with Crippen LogP contribution in [0.5, 0.6) is 0 Å². The van der Waals surface area contributed by atoms with Gasteiger partial charge in [0, 0.05) is 0 Å². The Balaban J connectivity index is 0.000000354. The lowest BCUT2D eigenvalue weighted by atomic mass is 10.2. The van der Waals surface area contributed by atoms with Crippen LogP contribution in [0.25, 0.3) is 0 Å². The largest absolute Gasteiger partial charge is 0.372 e. The third-order valence-corrected chi connectivity index (χ3v) is 1.69. The van der Waals surface area contributed by atoms with Crippen molar-refractivity contribution in [1.82, 2.24) is 0 Å². The van der Waals surface area contributed by atoms with Crippen molar-refractivity contribution in [2.45, 2.75) is 6.42 Å². The van der Waals surface area contributed by atoms with Gasteiger partial charge < -0.3 is 11.5 Å². The number of thiophene rings is 1. The van der Waals surface area contributed by atoms with Gasteiger partial charge in [-0.3, -0.25) is 9.59 Å². The Bertz CT molecular complexity index is 234. The van der Waals surface area contributed by atoms with Crippen LogP contribution in [0.15, 0.2) is 16.8 Å². The van der Waals surface area contributed by atoms with Crippen LogP contribution >= 0.6 is 11.3 Å². The SMILES string of the molecule is NC(=O)Cc1ccsc1.NC=O. The molecule has 5 heteroatoms. The highest BCUT2D eigenvalue weighted by molar-refractivity contribution is 7.07. The highest BCUT2D eigenvalue weighted by Gasteiger charge is 1.95. The molecular weight excluding hydrogens is 176 g/mol. The van der Waals surface area contributed by atoms with Gasteiger partial charge >= 0.3 is 0 Å². The van der Waals surface area contributed by atoms with Crippen molar-refractivity contribution in [2.24, 2.45) is 11.5 Å². The number of carbonyl (C=O) groups excluding carboxylic acids is 2. The Morgan fingerprint density at radius 1 is 1.67 bits per heavy atom. The summed E-state index contributed by atoms with van der Waals surface area (Å²) in [6, 6.07) is 1.90. The summed E-state index contributed by atoms with van der Waals surface area (Å²) in [4.78, 5) is 18.9. The summed E-state index contributed by atoms with van der Waals surface area (Å²) in [5, 5.41) is 3.85. The molecule has 0 aliphatic rings. The van der Waals surface area contributed by atoms with Crippen LogP contribution in [-0.2, 0) is 16.0 Å². The molecule has 1 rings (SSSR count). The predicted molar refractivity (Wildman–Crippen MR) is 47.5 cm³/mol. The molecule has 4 N–H and O–H groups in total. The number of primary amides is 2. The van der Waals surface area contributed by atoms with E-state index in [-0.39, 0.29) is 12.3 Å². The molecule has 0 unspecified atom stereocenters. The molecule has 4 nitrogen and oxygen atoms in total. The molecule has 66 valence electrons. The average Bonchev–Trinajstić information content (AvgIpc) is 2.40. The first-order valence-corrected chi connectivity index (χ1v) is 4.09. The van der Waals surface area contributed by atoms with Gasteiger partial charge in [-0.25, -0.2) is 0 Å². The molecule has 1 aromatic heterocycles. The smallest absolute Gasteiger partial charge is 0.221 e. The maximum absolute atomic E-state index is 10.3. The molecule has 1 heterocycles. The summed E-state index contributed by atoms with van der Waals surface area (Å²) in [5.74, 6) is -0.270. The van der Waals surface area contributed by atoms with Crippen molar-refractivity contribution in [3.05, 3.63) is 22.4 Å². The zero-order valence-electron chi connectivity index (χ0n) is 6.40. The first kappa shape index (κ1) is 10.6. The fraction of sp³-hybridized carbons (Fsp3) is 0.143. The van der Waals surface area contributed by atoms with Gasteiger partial charge in [-0.2, -0.15) is 11.3 Å². The molecule has 12 heavy (non-hydrogen) atoms. The zero-order chi connectivity index (χ0) is 9.40. The lowest BCUT2D eigenvalue weighted by Crippen LogP contribution is -2.12. The van der Waals surface area contributed by atoms with E-state index in [0.717, 1.165) is 5.56 Å². The zero-order valence-corrected chi connectivity index (χ0v) is 7.21. The van der Waals surface area contributed by atoms with Crippen LogP contribution in [0, 0.1) is 0 Å². The molecule has 0 bridgehead atoms. The standard InChI is InChI=1S/C6H7NOS.CH3NO/c7-6(8)3-5-1-2-9-4-5;2-1-3/h1-2,4H,3H2,(H2,7,8);1H,(H2,2,3). The molecule has 0 atom stereocenters. The molecule has 0 radical (unpaired) electrons. The predicted octanol–water partition coefficient (Wildman–Crippen LogP) is -0.123. The van der Waals surface area contributed by atoms with E-state index in [4.69, 9.17) is 10.5 Å². The van der Waals surface area contributed by atoms with Gasteiger partial charge in [0.25, 0.3) is 0 Å². The van der Waals surface area contributed by atoms with Crippen molar-refractivity contribution in [3.63, 3.8) is 0 Å². The highest BCUT2D eigenvalue weighted by Crippen LogP contribution is 2.05. The maximum atomic E-state index is 10.3. The monoisotopic (exact) mass is 186 g/mol. The quantitative estimate of drug-likeness (QED) is 0.631. The van der Waals surface area contributed by atoms with Crippen LogP contribution in [0.3, 0.4) is 0 Å². The van der Waals surface area contributed by atoms with Crippen molar-refractivity contribution < 1.29 is 9.59 Å². The molecule has 2 amide bonds. The van der Waals surface area contributed by atoms with Crippen LogP contribution in [0.4, 0.5) is 0 Å². The average molecular weight is 186 g/mol. The molecule has 0 aromatic carbocycles. The summed E-state index contributed by atoms with van der Waals surface area (Å²) in [5.41, 5.74) is 10.1. The minimum Gasteiger partial charge on any atom is -0.372 e. The molecule has 0 aliphatic heterocycles. The minimum absolute atomic E-state index is 0.250. The summed E-state index contributed by atoms with van der Waals surface area (Å²) in [7, 11) is 0. The second kappa shape index (κ2) is 6.36. The Morgan fingerprint density at radius 2 is 2.25 bits per heavy atom. The van der Waals surface area contributed by atoms with Crippen LogP contribution in [-0.4, -0.2) is 12.3 Å². The molecule has 1 aromatic rings. The topological polar surface area (TPSA) is 86.2 Å². The van der Waals surface area contributed by atoms with Crippen molar-refractivity contribution in [2.75, 3.05) is 0 Å². The molecule has 0 saturated heterocycles. The van der Waals surface area contributed by atoms with E-state index in [9.17, 15) is 4.79 Å². The van der Waals surface area contributed by atoms with Gasteiger partial charge in [0.1, 0.15) is 0 Å². The number of carbonyl (C=O) groups is 2. The number of hydrogen-bond donors (Lipinski definition) is 2. The van der Waals surface area contributed by atoms with E-state index in [1.165, 1.54) is 0 Å². The molecule has 0 fully saturated rings. The minimum atomic E-state index is -0.270. The second-order valence-electron chi connectivity index (χ2n) is 1.91. The Labute approximate surface area is 74.2 Å². The van der Waals surface area contributed by atoms with Gasteiger partial charge in [0.2, 0.25) is 12.3 Å². The fourth-order valence-electron chi connectivity index (χ4n) is 0.594. The lowest BCUT2D eigenvalue weighted by Gasteiger charge is -1.86. The van der Waals surface area contributed by atoms with E-state index >= 15 is 0 Å². The van der Waals surface area contributed by atoms with E-state index in [2.05, 4.69) is 5.73 Å². The first-order chi connectivity index (χ1) is 5.70. The summed E-state index contributed by atoms with van der Waals surface area (Å²) in [6.45, 7) is 0. The maximum Gasteiger partial charge on any atom is 0.221 e. The Morgan fingerprint density at radius 3 is 2.58 bits per heavy atom. The van der Waals surface area contributed by atoms with Crippen molar-refractivity contribution in [1.29, 1.82) is 0 Å². The number of hydrogen-bond acceptors (Lipinski definition) is 3. The van der Waals surface area contributed by atoms with Crippen LogP contribution in [0.2, 0.25) is 0 Å². The molecule has 0 spiro atoms. The fourth-order valence-corrected chi connectivity index (χ4v) is 1.26. The van der Waals surface area contributed by atoms with Gasteiger partial charge in [-0.1, -0.05) is 0 Å². The van der Waals surface area contributed by atoms with Crippen molar-refractivity contribution in [3.8, 4) is 0 Å². The van der Waals surface area contributed by atoms with E-state index in [0.29, 0.717) is 6.42 Å². The van der Waals surface area contributed by atoms with Crippen LogP contribution in [0.1, 0.15) is 5.56 Å².